The molecule has 0 amide bonds. The standard InChI is InChI=1S/C12H23NO2S/c1-2-13-12(10-3-4-10)9-16(14)11-5-7-15-8-6-11/h10-13H,2-9H2,1H3. The minimum atomic E-state index is -0.661. The van der Waals surface area contributed by atoms with E-state index in [1.165, 1.54) is 12.8 Å². The second-order valence-corrected chi connectivity index (χ2v) is 6.62. The van der Waals surface area contributed by atoms with E-state index < -0.39 is 10.8 Å². The third-order valence-corrected chi connectivity index (χ3v) is 5.44. The number of ether oxygens (including phenoxy) is 1. The first-order valence-corrected chi connectivity index (χ1v) is 7.87. The molecule has 2 aliphatic rings. The normalized spacial score (nSPS) is 26.6. The van der Waals surface area contributed by atoms with Crippen LogP contribution in [-0.4, -0.2) is 41.0 Å². The van der Waals surface area contributed by atoms with Crippen molar-refractivity contribution in [3.63, 3.8) is 0 Å². The Morgan fingerprint density at radius 3 is 2.56 bits per heavy atom. The van der Waals surface area contributed by atoms with Crippen LogP contribution in [0.2, 0.25) is 0 Å². The van der Waals surface area contributed by atoms with Crippen LogP contribution in [0.5, 0.6) is 0 Å². The lowest BCUT2D eigenvalue weighted by atomic mass is 10.2. The van der Waals surface area contributed by atoms with Crippen molar-refractivity contribution in [1.29, 1.82) is 0 Å². The van der Waals surface area contributed by atoms with Crippen LogP contribution in [0, 0.1) is 5.92 Å². The van der Waals surface area contributed by atoms with Crippen molar-refractivity contribution in [1.82, 2.24) is 5.32 Å². The summed E-state index contributed by atoms with van der Waals surface area (Å²) in [6.45, 7) is 4.72. The van der Waals surface area contributed by atoms with Gasteiger partial charge in [-0.05, 0) is 38.1 Å². The molecule has 94 valence electrons. The molecule has 2 atom stereocenters. The monoisotopic (exact) mass is 245 g/mol. The van der Waals surface area contributed by atoms with Gasteiger partial charge in [0.05, 0.1) is 0 Å². The van der Waals surface area contributed by atoms with Gasteiger partial charge in [0.2, 0.25) is 0 Å². The van der Waals surface area contributed by atoms with Gasteiger partial charge in [0.1, 0.15) is 0 Å². The molecule has 1 saturated heterocycles. The molecule has 1 N–H and O–H groups in total. The summed E-state index contributed by atoms with van der Waals surface area (Å²) in [4.78, 5) is 0. The zero-order valence-corrected chi connectivity index (χ0v) is 10.9. The zero-order chi connectivity index (χ0) is 11.4. The van der Waals surface area contributed by atoms with Crippen molar-refractivity contribution in [3.8, 4) is 0 Å². The summed E-state index contributed by atoms with van der Waals surface area (Å²) in [5.41, 5.74) is 0. The largest absolute Gasteiger partial charge is 0.381 e. The highest BCUT2D eigenvalue weighted by Gasteiger charge is 2.33. The summed E-state index contributed by atoms with van der Waals surface area (Å²) in [5, 5.41) is 3.87. The number of hydrogen-bond donors (Lipinski definition) is 1. The first kappa shape index (κ1) is 12.5. The summed E-state index contributed by atoms with van der Waals surface area (Å²) in [7, 11) is -0.661. The number of hydrogen-bond acceptors (Lipinski definition) is 3. The Balaban J connectivity index is 1.79. The highest BCUT2D eigenvalue weighted by molar-refractivity contribution is 7.85. The fourth-order valence-corrected chi connectivity index (χ4v) is 4.11. The van der Waals surface area contributed by atoms with Crippen LogP contribution in [0.3, 0.4) is 0 Å². The fraction of sp³-hybridized carbons (Fsp3) is 1.00. The summed E-state index contributed by atoms with van der Waals surface area (Å²) >= 11 is 0. The molecule has 0 bridgehead atoms. The van der Waals surface area contributed by atoms with E-state index in [4.69, 9.17) is 4.74 Å². The van der Waals surface area contributed by atoms with Crippen LogP contribution in [0.15, 0.2) is 0 Å². The molecule has 0 aromatic rings. The van der Waals surface area contributed by atoms with Crippen molar-refractivity contribution in [3.05, 3.63) is 0 Å². The van der Waals surface area contributed by atoms with Gasteiger partial charge in [-0.2, -0.15) is 0 Å². The fourth-order valence-electron chi connectivity index (χ4n) is 2.37. The van der Waals surface area contributed by atoms with E-state index in [-0.39, 0.29) is 0 Å². The van der Waals surface area contributed by atoms with Crippen LogP contribution in [0.4, 0.5) is 0 Å². The maximum atomic E-state index is 12.2. The van der Waals surface area contributed by atoms with Crippen molar-refractivity contribution in [2.24, 2.45) is 5.92 Å². The molecular formula is C12H23NO2S. The predicted molar refractivity (Wildman–Crippen MR) is 67.0 cm³/mol. The molecule has 0 aromatic heterocycles. The van der Waals surface area contributed by atoms with E-state index in [1.807, 2.05) is 0 Å². The molecule has 0 radical (unpaired) electrons. The molecule has 2 fully saturated rings. The van der Waals surface area contributed by atoms with Crippen LogP contribution in [0.25, 0.3) is 0 Å². The Morgan fingerprint density at radius 1 is 1.31 bits per heavy atom. The average Bonchev–Trinajstić information content (AvgIpc) is 3.13. The summed E-state index contributed by atoms with van der Waals surface area (Å²) in [5.74, 6) is 1.65. The topological polar surface area (TPSA) is 38.3 Å². The smallest absolute Gasteiger partial charge is 0.0477 e. The van der Waals surface area contributed by atoms with Gasteiger partial charge < -0.3 is 10.1 Å². The SMILES string of the molecule is CCNC(CS(=O)C1CCOCC1)C1CC1. The molecule has 4 heteroatoms. The highest BCUT2D eigenvalue weighted by Crippen LogP contribution is 2.33. The van der Waals surface area contributed by atoms with E-state index in [9.17, 15) is 4.21 Å². The lowest BCUT2D eigenvalue weighted by Crippen LogP contribution is -2.39. The minimum absolute atomic E-state index is 0.383. The Kier molecular flexibility index (Phi) is 4.79. The van der Waals surface area contributed by atoms with Gasteiger partial charge in [0.15, 0.2) is 0 Å². The third kappa shape index (κ3) is 3.54. The molecule has 2 unspecified atom stereocenters. The van der Waals surface area contributed by atoms with Gasteiger partial charge in [-0.1, -0.05) is 6.92 Å². The maximum absolute atomic E-state index is 12.2. The molecule has 0 spiro atoms. The van der Waals surface area contributed by atoms with Gasteiger partial charge in [0, 0.05) is 41.1 Å². The van der Waals surface area contributed by atoms with Gasteiger partial charge in [-0.15, -0.1) is 0 Å². The second kappa shape index (κ2) is 6.12. The third-order valence-electron chi connectivity index (χ3n) is 3.54. The quantitative estimate of drug-likeness (QED) is 0.766. The van der Waals surface area contributed by atoms with Gasteiger partial charge in [-0.3, -0.25) is 4.21 Å². The molecule has 2 rings (SSSR count). The zero-order valence-electron chi connectivity index (χ0n) is 10.1. The Labute approximate surface area is 101 Å². The van der Waals surface area contributed by atoms with E-state index in [0.717, 1.165) is 44.3 Å². The van der Waals surface area contributed by atoms with Gasteiger partial charge >= 0.3 is 0 Å². The Morgan fingerprint density at radius 2 is 2.00 bits per heavy atom. The van der Waals surface area contributed by atoms with E-state index >= 15 is 0 Å². The first-order chi connectivity index (χ1) is 7.81. The Bertz CT molecular complexity index is 237. The average molecular weight is 245 g/mol. The molecule has 1 heterocycles. The van der Waals surface area contributed by atoms with Crippen molar-refractivity contribution >= 4 is 10.8 Å². The summed E-state index contributed by atoms with van der Waals surface area (Å²) < 4.78 is 17.5. The summed E-state index contributed by atoms with van der Waals surface area (Å²) in [6.07, 6.45) is 4.61. The van der Waals surface area contributed by atoms with Gasteiger partial charge in [0.25, 0.3) is 0 Å². The lowest BCUT2D eigenvalue weighted by Gasteiger charge is -2.24. The minimum Gasteiger partial charge on any atom is -0.381 e. The van der Waals surface area contributed by atoms with Crippen molar-refractivity contribution < 1.29 is 8.95 Å². The van der Waals surface area contributed by atoms with E-state index in [2.05, 4.69) is 12.2 Å². The molecule has 1 aliphatic heterocycles. The molecular weight excluding hydrogens is 222 g/mol. The number of rotatable bonds is 6. The van der Waals surface area contributed by atoms with Crippen LogP contribution in [-0.2, 0) is 15.5 Å². The van der Waals surface area contributed by atoms with Crippen molar-refractivity contribution in [2.75, 3.05) is 25.5 Å². The highest BCUT2D eigenvalue weighted by atomic mass is 32.2. The van der Waals surface area contributed by atoms with Crippen LogP contribution in [0.1, 0.15) is 32.6 Å². The second-order valence-electron chi connectivity index (χ2n) is 4.86. The molecule has 3 nitrogen and oxygen atoms in total. The molecule has 16 heavy (non-hydrogen) atoms. The van der Waals surface area contributed by atoms with Crippen molar-refractivity contribution in [2.45, 2.75) is 43.9 Å². The Hall–Kier alpha value is 0.0700. The maximum Gasteiger partial charge on any atom is 0.0477 e. The number of nitrogens with one attached hydrogen (secondary N) is 1. The predicted octanol–water partition coefficient (Wildman–Crippen LogP) is 1.30. The van der Waals surface area contributed by atoms with E-state index in [1.54, 1.807) is 0 Å². The molecule has 1 aliphatic carbocycles. The van der Waals surface area contributed by atoms with Crippen LogP contribution < -0.4 is 5.32 Å². The first-order valence-electron chi connectivity index (χ1n) is 6.49. The molecule has 0 aromatic carbocycles. The summed E-state index contributed by atoms with van der Waals surface area (Å²) in [6, 6.07) is 0.494. The molecule has 1 saturated carbocycles. The van der Waals surface area contributed by atoms with E-state index in [0.29, 0.717) is 11.3 Å². The van der Waals surface area contributed by atoms with Crippen LogP contribution >= 0.6 is 0 Å². The van der Waals surface area contributed by atoms with Gasteiger partial charge in [-0.25, -0.2) is 0 Å². The lowest BCUT2D eigenvalue weighted by molar-refractivity contribution is 0.0991.